The zero-order valence-electron chi connectivity index (χ0n) is 11.7. The predicted molar refractivity (Wildman–Crippen MR) is 83.6 cm³/mol. The third-order valence-electron chi connectivity index (χ3n) is 3.18. The van der Waals surface area contributed by atoms with Crippen molar-refractivity contribution in [3.05, 3.63) is 53.4 Å². The van der Waals surface area contributed by atoms with Crippen LogP contribution in [0.25, 0.3) is 6.08 Å². The molecule has 2 N–H and O–H groups in total. The molecular formula is C15H13N3O3S. The van der Waals surface area contributed by atoms with Gasteiger partial charge in [0, 0.05) is 5.69 Å². The van der Waals surface area contributed by atoms with Crippen molar-refractivity contribution in [2.24, 2.45) is 0 Å². The number of aromatic nitrogens is 1. The smallest absolute Gasteiger partial charge is 0.277 e. The fraction of sp³-hybridized carbons (Fsp3) is 0.133. The molecule has 2 aromatic heterocycles. The van der Waals surface area contributed by atoms with Crippen LogP contribution >= 0.6 is 12.2 Å². The Labute approximate surface area is 132 Å². The number of furan rings is 1. The third kappa shape index (κ3) is 2.71. The van der Waals surface area contributed by atoms with E-state index >= 15 is 0 Å². The quantitative estimate of drug-likeness (QED) is 0.666. The molecule has 1 fully saturated rings. The summed E-state index contributed by atoms with van der Waals surface area (Å²) in [7, 11) is 0. The molecule has 0 aliphatic carbocycles. The molecular weight excluding hydrogens is 302 g/mol. The first-order valence-corrected chi connectivity index (χ1v) is 6.99. The summed E-state index contributed by atoms with van der Waals surface area (Å²) in [5.41, 5.74) is 1.33. The van der Waals surface area contributed by atoms with Gasteiger partial charge in [-0.25, -0.2) is 4.98 Å². The summed E-state index contributed by atoms with van der Waals surface area (Å²) in [6, 6.07) is 6.74. The number of hydrogen-bond acceptors (Lipinski definition) is 5. The largest absolute Gasteiger partial charge is 0.506 e. The zero-order valence-corrected chi connectivity index (χ0v) is 12.6. The van der Waals surface area contributed by atoms with E-state index in [0.717, 1.165) is 5.69 Å². The SMILES string of the molecule is Cc1ccc(O)c(C=C2NC(=S)N(Cc3ccco3)C2=O)n1. The predicted octanol–water partition coefficient (Wildman–Crippen LogP) is 1.95. The lowest BCUT2D eigenvalue weighted by molar-refractivity contribution is -0.122. The molecule has 1 aliphatic heterocycles. The maximum absolute atomic E-state index is 12.4. The van der Waals surface area contributed by atoms with Gasteiger partial charge in [0.15, 0.2) is 5.11 Å². The van der Waals surface area contributed by atoms with E-state index in [1.807, 2.05) is 0 Å². The van der Waals surface area contributed by atoms with Gasteiger partial charge in [-0.2, -0.15) is 0 Å². The summed E-state index contributed by atoms with van der Waals surface area (Å²) in [5.74, 6) is 0.350. The molecule has 6 nitrogen and oxygen atoms in total. The molecule has 0 atom stereocenters. The van der Waals surface area contributed by atoms with Gasteiger partial charge >= 0.3 is 0 Å². The summed E-state index contributed by atoms with van der Waals surface area (Å²) in [5, 5.41) is 12.9. The highest BCUT2D eigenvalue weighted by Crippen LogP contribution is 2.21. The monoisotopic (exact) mass is 315 g/mol. The van der Waals surface area contributed by atoms with Crippen LogP contribution < -0.4 is 5.32 Å². The van der Waals surface area contributed by atoms with E-state index < -0.39 is 0 Å². The van der Waals surface area contributed by atoms with Crippen LogP contribution in [0.2, 0.25) is 0 Å². The topological polar surface area (TPSA) is 78.6 Å². The van der Waals surface area contributed by atoms with E-state index in [9.17, 15) is 9.90 Å². The van der Waals surface area contributed by atoms with Crippen LogP contribution in [0.15, 0.2) is 40.6 Å². The number of hydrogen-bond donors (Lipinski definition) is 2. The molecule has 0 unspecified atom stereocenters. The molecule has 1 saturated heterocycles. The van der Waals surface area contributed by atoms with Gasteiger partial charge in [-0.1, -0.05) is 0 Å². The highest BCUT2D eigenvalue weighted by molar-refractivity contribution is 7.80. The highest BCUT2D eigenvalue weighted by Gasteiger charge is 2.31. The molecule has 22 heavy (non-hydrogen) atoms. The van der Waals surface area contributed by atoms with Crippen molar-refractivity contribution in [2.75, 3.05) is 0 Å². The Kier molecular flexibility index (Phi) is 3.64. The number of pyridine rings is 1. The first-order valence-electron chi connectivity index (χ1n) is 6.58. The van der Waals surface area contributed by atoms with Gasteiger partial charge in [0.25, 0.3) is 5.91 Å². The molecule has 112 valence electrons. The molecule has 0 aromatic carbocycles. The Hall–Kier alpha value is -2.67. The van der Waals surface area contributed by atoms with Crippen molar-refractivity contribution in [1.82, 2.24) is 15.2 Å². The third-order valence-corrected chi connectivity index (χ3v) is 3.50. The van der Waals surface area contributed by atoms with Crippen LogP contribution in [0.3, 0.4) is 0 Å². The van der Waals surface area contributed by atoms with Crippen molar-refractivity contribution >= 4 is 29.3 Å². The lowest BCUT2D eigenvalue weighted by atomic mass is 10.2. The minimum atomic E-state index is -0.288. The Morgan fingerprint density at radius 2 is 2.27 bits per heavy atom. The van der Waals surface area contributed by atoms with Crippen LogP contribution in [0.1, 0.15) is 17.1 Å². The average Bonchev–Trinajstić information content (AvgIpc) is 3.08. The maximum atomic E-state index is 12.4. The Morgan fingerprint density at radius 3 is 3.00 bits per heavy atom. The van der Waals surface area contributed by atoms with E-state index in [2.05, 4.69) is 10.3 Å². The summed E-state index contributed by atoms with van der Waals surface area (Å²) in [4.78, 5) is 18.0. The van der Waals surface area contributed by atoms with Gasteiger partial charge in [-0.05, 0) is 49.5 Å². The fourth-order valence-corrected chi connectivity index (χ4v) is 2.34. The first kappa shape index (κ1) is 14.3. The normalized spacial score (nSPS) is 16.4. The molecule has 0 radical (unpaired) electrons. The summed E-state index contributed by atoms with van der Waals surface area (Å²) in [6.45, 7) is 2.06. The lowest BCUT2D eigenvalue weighted by Gasteiger charge is -2.11. The second kappa shape index (κ2) is 5.61. The van der Waals surface area contributed by atoms with Gasteiger partial charge in [0.1, 0.15) is 22.9 Å². The minimum Gasteiger partial charge on any atom is -0.506 e. The molecule has 1 amide bonds. The number of rotatable bonds is 3. The summed E-state index contributed by atoms with van der Waals surface area (Å²) < 4.78 is 5.23. The highest BCUT2D eigenvalue weighted by atomic mass is 32.1. The standard InChI is InChI=1S/C15H13N3O3S/c1-9-4-5-13(19)11(16-9)7-12-14(20)18(15(22)17-12)8-10-3-2-6-21-10/h2-7,19H,8H2,1H3,(H,17,22). The van der Waals surface area contributed by atoms with Crippen LogP contribution in [0.5, 0.6) is 5.75 Å². The Balaban J connectivity index is 1.87. The van der Waals surface area contributed by atoms with Crippen LogP contribution in [-0.4, -0.2) is 26.0 Å². The van der Waals surface area contributed by atoms with Gasteiger partial charge in [0.05, 0.1) is 12.8 Å². The number of nitrogens with zero attached hydrogens (tertiary/aromatic N) is 2. The number of amides is 1. The molecule has 1 aliphatic rings. The molecule has 0 spiro atoms. The van der Waals surface area contributed by atoms with E-state index in [0.29, 0.717) is 16.6 Å². The average molecular weight is 315 g/mol. The van der Waals surface area contributed by atoms with Gasteiger partial charge in [-0.15, -0.1) is 0 Å². The van der Waals surface area contributed by atoms with Crippen molar-refractivity contribution in [3.63, 3.8) is 0 Å². The summed E-state index contributed by atoms with van der Waals surface area (Å²) in [6.07, 6.45) is 3.02. The number of aryl methyl sites for hydroxylation is 1. The molecule has 0 bridgehead atoms. The van der Waals surface area contributed by atoms with Gasteiger partial charge < -0.3 is 14.8 Å². The first-order chi connectivity index (χ1) is 10.5. The van der Waals surface area contributed by atoms with Gasteiger partial charge in [0.2, 0.25) is 0 Å². The Bertz CT molecular complexity index is 768. The molecule has 0 saturated carbocycles. The molecule has 2 aromatic rings. The van der Waals surface area contributed by atoms with Crippen molar-refractivity contribution in [1.29, 1.82) is 0 Å². The second-order valence-corrected chi connectivity index (χ2v) is 5.20. The van der Waals surface area contributed by atoms with Crippen molar-refractivity contribution in [2.45, 2.75) is 13.5 Å². The van der Waals surface area contributed by atoms with Crippen LogP contribution in [0, 0.1) is 6.92 Å². The summed E-state index contributed by atoms with van der Waals surface area (Å²) >= 11 is 5.17. The van der Waals surface area contributed by atoms with Crippen molar-refractivity contribution in [3.8, 4) is 5.75 Å². The van der Waals surface area contributed by atoms with E-state index in [1.54, 1.807) is 25.1 Å². The minimum absolute atomic E-state index is 0.00287. The number of carbonyl (C=O) groups is 1. The lowest BCUT2D eigenvalue weighted by Crippen LogP contribution is -2.29. The zero-order chi connectivity index (χ0) is 15.7. The molecule has 7 heteroatoms. The fourth-order valence-electron chi connectivity index (χ4n) is 2.09. The van der Waals surface area contributed by atoms with E-state index in [1.165, 1.54) is 23.3 Å². The number of aromatic hydroxyl groups is 1. The van der Waals surface area contributed by atoms with Crippen molar-refractivity contribution < 1.29 is 14.3 Å². The second-order valence-electron chi connectivity index (χ2n) is 4.82. The number of carbonyl (C=O) groups excluding carboxylic acids is 1. The van der Waals surface area contributed by atoms with E-state index in [4.69, 9.17) is 16.6 Å². The Morgan fingerprint density at radius 1 is 1.45 bits per heavy atom. The van der Waals surface area contributed by atoms with Crippen LogP contribution in [-0.2, 0) is 11.3 Å². The molecule has 3 rings (SSSR count). The molecule has 3 heterocycles. The van der Waals surface area contributed by atoms with E-state index in [-0.39, 0.29) is 23.9 Å². The number of thiocarbonyl (C=S) groups is 1. The number of nitrogens with one attached hydrogen (secondary N) is 1. The maximum Gasteiger partial charge on any atom is 0.277 e. The van der Waals surface area contributed by atoms with Crippen LogP contribution in [0.4, 0.5) is 0 Å². The van der Waals surface area contributed by atoms with Gasteiger partial charge in [-0.3, -0.25) is 9.69 Å².